The van der Waals surface area contributed by atoms with Crippen molar-refractivity contribution in [1.29, 1.82) is 0 Å². The molecule has 0 N–H and O–H groups in total. The first-order valence-corrected chi connectivity index (χ1v) is 8.92. The minimum atomic E-state index is -6.24. The molecule has 0 aliphatic heterocycles. The number of hydrogen-bond acceptors (Lipinski definition) is 2. The molecule has 4 fully saturated rings. The summed E-state index contributed by atoms with van der Waals surface area (Å²) in [4.78, 5) is 12.3. The van der Waals surface area contributed by atoms with E-state index in [1.807, 2.05) is 6.92 Å². The summed E-state index contributed by atoms with van der Waals surface area (Å²) >= 11 is 0. The summed E-state index contributed by atoms with van der Waals surface area (Å²) in [7, 11) is 0. The van der Waals surface area contributed by atoms with E-state index >= 15 is 0 Å². The van der Waals surface area contributed by atoms with Crippen LogP contribution in [-0.2, 0) is 9.53 Å². The summed E-state index contributed by atoms with van der Waals surface area (Å²) in [6.07, 6.45) is -7.90. The van der Waals surface area contributed by atoms with Crippen LogP contribution in [0.5, 0.6) is 0 Å². The largest absolute Gasteiger partial charge is 0.459 e. The van der Waals surface area contributed by atoms with Crippen molar-refractivity contribution in [2.24, 2.45) is 35.0 Å². The standard InChI is InChI=1S/C17H18F10O2/c1-6-8-3-9-10(6)16(9,7(8)2)12(28)29-5-15(24,25)13(20,21)4-14(22,23)17(26,27)11(18)19/h6-11H,3-5H2,1-2H3. The SMILES string of the molecule is CC1C2CC3C1C3(C(=O)OCC(F)(F)C(F)(F)CC(F)(F)C(F)(F)C(F)F)C2C. The lowest BCUT2D eigenvalue weighted by Gasteiger charge is -2.32. The molecule has 4 aliphatic rings. The molecule has 12 heteroatoms. The van der Waals surface area contributed by atoms with Crippen molar-refractivity contribution in [2.45, 2.75) is 56.8 Å². The fourth-order valence-corrected chi connectivity index (χ4v) is 5.63. The second-order valence-corrected chi connectivity index (χ2v) is 8.40. The lowest BCUT2D eigenvalue weighted by molar-refractivity contribution is -0.310. The molecule has 0 aromatic rings. The summed E-state index contributed by atoms with van der Waals surface area (Å²) in [6.45, 7) is 1.28. The van der Waals surface area contributed by atoms with Gasteiger partial charge in [0.2, 0.25) is 0 Å². The van der Waals surface area contributed by atoms with Crippen LogP contribution in [-0.4, -0.2) is 42.7 Å². The molecule has 0 spiro atoms. The van der Waals surface area contributed by atoms with Gasteiger partial charge in [0.25, 0.3) is 0 Å². The van der Waals surface area contributed by atoms with Crippen LogP contribution < -0.4 is 0 Å². The fourth-order valence-electron chi connectivity index (χ4n) is 5.63. The van der Waals surface area contributed by atoms with E-state index in [0.29, 0.717) is 6.42 Å². The highest BCUT2D eigenvalue weighted by Crippen LogP contribution is 2.83. The maximum Gasteiger partial charge on any atom is 0.369 e. The van der Waals surface area contributed by atoms with Crippen LogP contribution in [0.1, 0.15) is 26.7 Å². The third-order valence-corrected chi connectivity index (χ3v) is 7.13. The normalized spacial score (nSPS) is 36.7. The maximum absolute atomic E-state index is 13.8. The minimum Gasteiger partial charge on any atom is -0.459 e. The van der Waals surface area contributed by atoms with E-state index in [1.54, 1.807) is 6.92 Å². The predicted molar refractivity (Wildman–Crippen MR) is 77.2 cm³/mol. The van der Waals surface area contributed by atoms with Crippen LogP contribution in [0.4, 0.5) is 43.9 Å². The quantitative estimate of drug-likeness (QED) is 0.377. The predicted octanol–water partition coefficient (Wildman–Crippen LogP) is 5.26. The Bertz CT molecular complexity index is 690. The molecule has 0 aromatic carbocycles. The molecule has 4 saturated carbocycles. The Morgan fingerprint density at radius 1 is 1.00 bits per heavy atom. The number of carbonyl (C=O) groups is 1. The molecule has 0 heterocycles. The number of hydrogen-bond donors (Lipinski definition) is 0. The van der Waals surface area contributed by atoms with E-state index in [9.17, 15) is 48.7 Å². The first-order valence-electron chi connectivity index (χ1n) is 8.92. The van der Waals surface area contributed by atoms with Gasteiger partial charge in [0, 0.05) is 0 Å². The van der Waals surface area contributed by atoms with Gasteiger partial charge in [-0.05, 0) is 36.0 Å². The van der Waals surface area contributed by atoms with E-state index < -0.39 is 54.5 Å². The van der Waals surface area contributed by atoms with Gasteiger partial charge in [0.15, 0.2) is 6.61 Å². The maximum atomic E-state index is 13.8. The number of halogens is 10. The number of carbonyl (C=O) groups excluding carboxylic acids is 1. The molecule has 168 valence electrons. The number of ether oxygens (including phenoxy) is 1. The average molecular weight is 444 g/mol. The molecule has 29 heavy (non-hydrogen) atoms. The fraction of sp³-hybridized carbons (Fsp3) is 0.941. The van der Waals surface area contributed by atoms with Gasteiger partial charge in [-0.3, -0.25) is 4.79 Å². The van der Waals surface area contributed by atoms with Crippen molar-refractivity contribution in [1.82, 2.24) is 0 Å². The zero-order chi connectivity index (χ0) is 22.4. The molecule has 4 aliphatic carbocycles. The van der Waals surface area contributed by atoms with Gasteiger partial charge in [0.05, 0.1) is 11.8 Å². The molecule has 0 amide bonds. The zero-order valence-electron chi connectivity index (χ0n) is 15.2. The van der Waals surface area contributed by atoms with Gasteiger partial charge in [-0.1, -0.05) is 13.8 Å². The van der Waals surface area contributed by atoms with Gasteiger partial charge in [-0.15, -0.1) is 0 Å². The Balaban J connectivity index is 1.67. The van der Waals surface area contributed by atoms with E-state index in [0.717, 1.165) is 0 Å². The monoisotopic (exact) mass is 444 g/mol. The second kappa shape index (κ2) is 6.15. The molecular weight excluding hydrogens is 426 g/mol. The Hall–Kier alpha value is -1.23. The van der Waals surface area contributed by atoms with Gasteiger partial charge < -0.3 is 4.74 Å². The van der Waals surface area contributed by atoms with Crippen LogP contribution in [0.3, 0.4) is 0 Å². The van der Waals surface area contributed by atoms with Crippen molar-refractivity contribution in [2.75, 3.05) is 6.61 Å². The van der Waals surface area contributed by atoms with Crippen LogP contribution in [0.15, 0.2) is 0 Å². The second-order valence-electron chi connectivity index (χ2n) is 8.40. The topological polar surface area (TPSA) is 26.3 Å². The van der Waals surface area contributed by atoms with E-state index in [1.165, 1.54) is 0 Å². The van der Waals surface area contributed by atoms with E-state index in [4.69, 9.17) is 0 Å². The summed E-state index contributed by atoms with van der Waals surface area (Å²) in [6, 6.07) is 0. The number of rotatable bonds is 8. The first-order chi connectivity index (χ1) is 12.9. The van der Waals surface area contributed by atoms with Gasteiger partial charge in [0.1, 0.15) is 0 Å². The zero-order valence-corrected chi connectivity index (χ0v) is 15.2. The average Bonchev–Trinajstić information content (AvgIpc) is 2.86. The highest BCUT2D eigenvalue weighted by molar-refractivity contribution is 5.84. The van der Waals surface area contributed by atoms with Gasteiger partial charge in [-0.25, -0.2) is 8.78 Å². The number of esters is 1. The van der Waals surface area contributed by atoms with Gasteiger partial charge in [-0.2, -0.15) is 35.1 Å². The third kappa shape index (κ3) is 2.79. The van der Waals surface area contributed by atoms with Crippen molar-refractivity contribution in [3.05, 3.63) is 0 Å². The Morgan fingerprint density at radius 2 is 1.55 bits per heavy atom. The third-order valence-electron chi connectivity index (χ3n) is 7.13. The highest BCUT2D eigenvalue weighted by atomic mass is 19.3. The van der Waals surface area contributed by atoms with Crippen LogP contribution >= 0.6 is 0 Å². The molecular formula is C17H18F10O2. The van der Waals surface area contributed by atoms with Crippen LogP contribution in [0.25, 0.3) is 0 Å². The summed E-state index contributed by atoms with van der Waals surface area (Å²) in [5.41, 5.74) is -1.07. The van der Waals surface area contributed by atoms with Crippen molar-refractivity contribution in [3.63, 3.8) is 0 Å². The summed E-state index contributed by atoms with van der Waals surface area (Å²) < 4.78 is 135. The van der Waals surface area contributed by atoms with Crippen LogP contribution in [0, 0.1) is 35.0 Å². The minimum absolute atomic E-state index is 0.117. The lowest BCUT2D eigenvalue weighted by Crippen LogP contribution is -2.54. The molecule has 0 saturated heterocycles. The molecule has 4 rings (SSSR count). The Labute approximate surface area is 158 Å². The molecule has 4 bridgehead atoms. The Morgan fingerprint density at radius 3 is 1.93 bits per heavy atom. The number of alkyl halides is 10. The van der Waals surface area contributed by atoms with Crippen molar-refractivity contribution < 1.29 is 53.4 Å². The first kappa shape index (κ1) is 22.5. The van der Waals surface area contributed by atoms with E-state index in [2.05, 4.69) is 4.74 Å². The van der Waals surface area contributed by atoms with Crippen LogP contribution in [0.2, 0.25) is 0 Å². The molecule has 6 unspecified atom stereocenters. The lowest BCUT2D eigenvalue weighted by atomic mass is 9.90. The molecule has 0 aromatic heterocycles. The van der Waals surface area contributed by atoms with Crippen molar-refractivity contribution in [3.8, 4) is 0 Å². The molecule has 6 atom stereocenters. The molecule has 0 radical (unpaired) electrons. The molecule has 2 nitrogen and oxygen atoms in total. The summed E-state index contributed by atoms with van der Waals surface area (Å²) in [5.74, 6) is -25.0. The highest BCUT2D eigenvalue weighted by Gasteiger charge is 2.85. The Kier molecular flexibility index (Phi) is 4.76. The van der Waals surface area contributed by atoms with Crippen molar-refractivity contribution >= 4 is 5.97 Å². The summed E-state index contributed by atoms with van der Waals surface area (Å²) in [5, 5.41) is 0. The van der Waals surface area contributed by atoms with Gasteiger partial charge >= 0.3 is 36.1 Å². The van der Waals surface area contributed by atoms with E-state index in [-0.39, 0.29) is 29.6 Å². The smallest absolute Gasteiger partial charge is 0.369 e.